The topological polar surface area (TPSA) is 98.2 Å². The first-order valence-corrected chi connectivity index (χ1v) is 12.6. The lowest BCUT2D eigenvalue weighted by molar-refractivity contribution is -0.130. The van der Waals surface area contributed by atoms with E-state index >= 15 is 0 Å². The van der Waals surface area contributed by atoms with Gasteiger partial charge in [0, 0.05) is 36.8 Å². The SMILES string of the molecule is Cc1cc2cc(c1OC(C)(C)C(=O)N=O)OC1CCN(CC1)c1nc3c(cc1C(=O)C=C2)CCCC3. The Bertz CT molecular complexity index is 1260. The monoisotopic (exact) mass is 489 g/mol. The molecule has 6 rings (SSSR count). The van der Waals surface area contributed by atoms with Crippen LogP contribution in [0.2, 0.25) is 0 Å². The number of hydrogen-bond acceptors (Lipinski definition) is 7. The largest absolute Gasteiger partial charge is 0.486 e. The molecule has 4 bridgehead atoms. The number of anilines is 1. The van der Waals surface area contributed by atoms with Crippen LogP contribution >= 0.6 is 0 Å². The molecule has 0 atom stereocenters. The summed E-state index contributed by atoms with van der Waals surface area (Å²) in [4.78, 5) is 43.5. The highest BCUT2D eigenvalue weighted by atomic mass is 16.5. The van der Waals surface area contributed by atoms with Gasteiger partial charge in [-0.05, 0) is 87.4 Å². The summed E-state index contributed by atoms with van der Waals surface area (Å²) in [6.07, 6.45) is 8.97. The van der Waals surface area contributed by atoms with Crippen molar-refractivity contribution < 1.29 is 19.1 Å². The number of piperidine rings is 1. The molecule has 4 heterocycles. The summed E-state index contributed by atoms with van der Waals surface area (Å²) in [5.41, 5.74) is 3.04. The Morgan fingerprint density at radius 2 is 1.89 bits per heavy atom. The number of amides is 1. The minimum absolute atomic E-state index is 0.0669. The van der Waals surface area contributed by atoms with Gasteiger partial charge in [-0.25, -0.2) is 4.98 Å². The summed E-state index contributed by atoms with van der Waals surface area (Å²) in [5, 5.41) is 2.55. The molecule has 0 unspecified atom stereocenters. The first-order valence-electron chi connectivity index (χ1n) is 12.6. The molecule has 1 amide bonds. The molecule has 1 saturated heterocycles. The number of allylic oxidation sites excluding steroid dienone is 1. The van der Waals surface area contributed by atoms with E-state index in [9.17, 15) is 14.5 Å². The van der Waals surface area contributed by atoms with E-state index in [1.807, 2.05) is 19.1 Å². The minimum atomic E-state index is -1.43. The predicted molar refractivity (Wildman–Crippen MR) is 137 cm³/mol. The number of aryl methyl sites for hydroxylation is 3. The molecular formula is C28H31N3O5. The number of nitrogens with zero attached hydrogens (tertiary/aromatic N) is 3. The Morgan fingerprint density at radius 3 is 2.64 bits per heavy atom. The highest BCUT2D eigenvalue weighted by Gasteiger charge is 2.34. The highest BCUT2D eigenvalue weighted by molar-refractivity contribution is 6.10. The summed E-state index contributed by atoms with van der Waals surface area (Å²) in [6.45, 7) is 6.31. The number of carbonyl (C=O) groups is 2. The number of ether oxygens (including phenoxy) is 2. The van der Waals surface area contributed by atoms with Gasteiger partial charge in [-0.1, -0.05) is 6.08 Å². The molecule has 8 heteroatoms. The van der Waals surface area contributed by atoms with Crippen molar-refractivity contribution in [2.45, 2.75) is 71.0 Å². The lowest BCUT2D eigenvalue weighted by Crippen LogP contribution is -2.40. The van der Waals surface area contributed by atoms with E-state index in [0.29, 0.717) is 30.2 Å². The molecule has 2 aromatic rings. The second kappa shape index (κ2) is 9.48. The highest BCUT2D eigenvalue weighted by Crippen LogP contribution is 2.38. The zero-order chi connectivity index (χ0) is 25.4. The van der Waals surface area contributed by atoms with Gasteiger partial charge in [0.25, 0.3) is 0 Å². The van der Waals surface area contributed by atoms with Crippen molar-refractivity contribution in [1.82, 2.24) is 4.98 Å². The Morgan fingerprint density at radius 1 is 1.14 bits per heavy atom. The lowest BCUT2D eigenvalue weighted by atomic mass is 9.93. The molecule has 1 fully saturated rings. The van der Waals surface area contributed by atoms with E-state index in [0.717, 1.165) is 61.2 Å². The van der Waals surface area contributed by atoms with Crippen LogP contribution in [0.4, 0.5) is 5.82 Å². The second-order valence-corrected chi connectivity index (χ2v) is 10.3. The fourth-order valence-electron chi connectivity index (χ4n) is 5.16. The first-order chi connectivity index (χ1) is 17.2. The van der Waals surface area contributed by atoms with Crippen LogP contribution in [0.1, 0.15) is 72.3 Å². The third-order valence-corrected chi connectivity index (χ3v) is 7.23. The fraction of sp³-hybridized carbons (Fsp3) is 0.464. The Kier molecular flexibility index (Phi) is 6.36. The van der Waals surface area contributed by atoms with E-state index in [1.54, 1.807) is 12.2 Å². The van der Waals surface area contributed by atoms with Gasteiger partial charge >= 0.3 is 5.91 Å². The maximum Gasteiger partial charge on any atom is 0.328 e. The molecular weight excluding hydrogens is 458 g/mol. The zero-order valence-electron chi connectivity index (χ0n) is 21.0. The maximum absolute atomic E-state index is 13.4. The Balaban J connectivity index is 1.57. The Labute approximate surface area is 210 Å². The third kappa shape index (κ3) is 4.64. The van der Waals surface area contributed by atoms with Crippen molar-refractivity contribution in [3.05, 3.63) is 57.1 Å². The summed E-state index contributed by atoms with van der Waals surface area (Å²) in [5.74, 6) is 0.690. The second-order valence-electron chi connectivity index (χ2n) is 10.3. The molecule has 1 aromatic carbocycles. The zero-order valence-corrected chi connectivity index (χ0v) is 21.0. The van der Waals surface area contributed by atoms with Crippen LogP contribution in [-0.4, -0.2) is 41.5 Å². The molecule has 0 radical (unpaired) electrons. The summed E-state index contributed by atoms with van der Waals surface area (Å²) in [6, 6.07) is 5.74. The van der Waals surface area contributed by atoms with Gasteiger partial charge in [-0.2, -0.15) is 0 Å². The van der Waals surface area contributed by atoms with Gasteiger partial charge in [-0.15, -0.1) is 4.91 Å². The van der Waals surface area contributed by atoms with Crippen molar-refractivity contribution in [1.29, 1.82) is 0 Å². The van der Waals surface area contributed by atoms with Crippen molar-refractivity contribution in [2.75, 3.05) is 18.0 Å². The molecule has 8 nitrogen and oxygen atoms in total. The number of rotatable bonds is 3. The number of nitroso groups, excluding NO2 is 1. The smallest absolute Gasteiger partial charge is 0.328 e. The normalized spacial score (nSPS) is 17.8. The van der Waals surface area contributed by atoms with Crippen molar-refractivity contribution >= 4 is 23.6 Å². The van der Waals surface area contributed by atoms with E-state index in [-0.39, 0.29) is 11.9 Å². The van der Waals surface area contributed by atoms with Gasteiger partial charge < -0.3 is 14.4 Å². The van der Waals surface area contributed by atoms with Gasteiger partial charge in [0.2, 0.25) is 0 Å². The average Bonchev–Trinajstić information content (AvgIpc) is 2.89. The number of ketones is 1. The molecule has 188 valence electrons. The number of carbonyl (C=O) groups excluding carboxylic acids is 2. The van der Waals surface area contributed by atoms with Crippen LogP contribution < -0.4 is 14.4 Å². The molecule has 0 spiro atoms. The standard InChI is InChI=1S/C28H31N3O5/c1-17-14-18-8-9-23(32)21-16-19-6-4-5-7-22(19)29-26(21)31-12-10-20(11-13-31)35-24(15-18)25(17)36-28(2,3)27(33)30-34/h8-9,14-16,20H,4-7,10-13H2,1-3H3. The summed E-state index contributed by atoms with van der Waals surface area (Å²) >= 11 is 0. The predicted octanol–water partition coefficient (Wildman–Crippen LogP) is 4.98. The van der Waals surface area contributed by atoms with Gasteiger partial charge in [0.05, 0.1) is 5.56 Å². The van der Waals surface area contributed by atoms with E-state index in [2.05, 4.69) is 16.1 Å². The van der Waals surface area contributed by atoms with Crippen LogP contribution in [0.25, 0.3) is 6.08 Å². The van der Waals surface area contributed by atoms with E-state index < -0.39 is 11.5 Å². The number of hydrogen-bond donors (Lipinski definition) is 0. The van der Waals surface area contributed by atoms with Crippen molar-refractivity contribution in [3.63, 3.8) is 0 Å². The van der Waals surface area contributed by atoms with Crippen LogP contribution in [-0.2, 0) is 17.6 Å². The number of benzene rings is 1. The molecule has 1 aromatic heterocycles. The quantitative estimate of drug-likeness (QED) is 0.561. The van der Waals surface area contributed by atoms with Crippen LogP contribution in [0.15, 0.2) is 29.5 Å². The first kappa shape index (κ1) is 24.2. The summed E-state index contributed by atoms with van der Waals surface area (Å²) < 4.78 is 12.4. The maximum atomic E-state index is 13.4. The number of aromatic nitrogens is 1. The fourth-order valence-corrected chi connectivity index (χ4v) is 5.16. The summed E-state index contributed by atoms with van der Waals surface area (Å²) in [7, 11) is 0. The molecule has 0 N–H and O–H groups in total. The number of pyridine rings is 1. The minimum Gasteiger partial charge on any atom is -0.486 e. The molecule has 4 aliphatic rings. The van der Waals surface area contributed by atoms with E-state index in [4.69, 9.17) is 14.5 Å². The van der Waals surface area contributed by atoms with Gasteiger partial charge in [-0.3, -0.25) is 9.59 Å². The molecule has 3 aliphatic heterocycles. The molecule has 0 saturated carbocycles. The van der Waals surface area contributed by atoms with Crippen molar-refractivity contribution in [3.8, 4) is 11.5 Å². The molecule has 1 aliphatic carbocycles. The van der Waals surface area contributed by atoms with Crippen LogP contribution in [0, 0.1) is 11.8 Å². The number of fused-ring (bicyclic) bond motifs is 4. The lowest BCUT2D eigenvalue weighted by Gasteiger charge is -2.35. The van der Waals surface area contributed by atoms with Crippen molar-refractivity contribution in [2.24, 2.45) is 5.18 Å². The van der Waals surface area contributed by atoms with Crippen LogP contribution in [0.3, 0.4) is 0 Å². The average molecular weight is 490 g/mol. The third-order valence-electron chi connectivity index (χ3n) is 7.23. The molecule has 36 heavy (non-hydrogen) atoms. The van der Waals surface area contributed by atoms with Crippen LogP contribution in [0.5, 0.6) is 11.5 Å². The van der Waals surface area contributed by atoms with Gasteiger partial charge in [0.15, 0.2) is 22.9 Å². The Hall–Kier alpha value is -3.55. The van der Waals surface area contributed by atoms with E-state index in [1.165, 1.54) is 19.4 Å². The van der Waals surface area contributed by atoms with Gasteiger partial charge in [0.1, 0.15) is 11.9 Å².